The first-order valence-electron chi connectivity index (χ1n) is 7.28. The molecule has 0 spiro atoms. The summed E-state index contributed by atoms with van der Waals surface area (Å²) in [6, 6.07) is 7.33. The summed E-state index contributed by atoms with van der Waals surface area (Å²) in [4.78, 5) is 12.0. The number of amides is 1. The van der Waals surface area contributed by atoms with E-state index >= 15 is 0 Å². The minimum atomic E-state index is -3.41. The van der Waals surface area contributed by atoms with Gasteiger partial charge in [-0.3, -0.25) is 4.79 Å². The van der Waals surface area contributed by atoms with Gasteiger partial charge in [0.2, 0.25) is 15.9 Å². The van der Waals surface area contributed by atoms with Crippen LogP contribution in [0.25, 0.3) is 0 Å². The molecular weight excluding hydrogens is 300 g/mol. The van der Waals surface area contributed by atoms with E-state index in [1.165, 1.54) is 9.87 Å². The van der Waals surface area contributed by atoms with Gasteiger partial charge in [-0.15, -0.1) is 0 Å². The van der Waals surface area contributed by atoms with E-state index in [0.717, 1.165) is 6.26 Å². The molecule has 0 fully saturated rings. The highest BCUT2D eigenvalue weighted by Crippen LogP contribution is 2.23. The van der Waals surface area contributed by atoms with E-state index in [1.807, 2.05) is 24.3 Å². The van der Waals surface area contributed by atoms with Crippen molar-refractivity contribution in [2.45, 2.75) is 46.1 Å². The maximum atomic E-state index is 12.0. The van der Waals surface area contributed by atoms with Crippen LogP contribution < -0.4 is 5.32 Å². The number of nitrogens with one attached hydrogen (secondary N) is 1. The van der Waals surface area contributed by atoms with Gasteiger partial charge in [-0.05, 0) is 37.0 Å². The van der Waals surface area contributed by atoms with E-state index in [4.69, 9.17) is 0 Å². The second-order valence-corrected chi connectivity index (χ2v) is 8.71. The fourth-order valence-electron chi connectivity index (χ4n) is 2.08. The Bertz CT molecular complexity index is 614. The number of carbonyl (C=O) groups excluding carboxylic acids is 1. The van der Waals surface area contributed by atoms with Gasteiger partial charge in [0.1, 0.15) is 0 Å². The van der Waals surface area contributed by atoms with Crippen molar-refractivity contribution >= 4 is 21.6 Å². The monoisotopic (exact) mass is 326 g/mol. The molecule has 0 heterocycles. The summed E-state index contributed by atoms with van der Waals surface area (Å²) in [5.74, 6) is -0.345. The summed E-state index contributed by atoms with van der Waals surface area (Å²) >= 11 is 0. The Morgan fingerprint density at radius 2 is 1.68 bits per heavy atom. The number of rotatable bonds is 5. The minimum Gasteiger partial charge on any atom is -0.325 e. The molecule has 22 heavy (non-hydrogen) atoms. The van der Waals surface area contributed by atoms with Crippen LogP contribution >= 0.6 is 0 Å². The molecule has 0 saturated carbocycles. The van der Waals surface area contributed by atoms with Crippen molar-refractivity contribution in [1.29, 1.82) is 0 Å². The molecular formula is C16H26N2O3S. The Kier molecular flexibility index (Phi) is 5.76. The van der Waals surface area contributed by atoms with Gasteiger partial charge in [-0.1, -0.05) is 32.9 Å². The largest absolute Gasteiger partial charge is 0.325 e. The average molecular weight is 326 g/mol. The van der Waals surface area contributed by atoms with Crippen molar-refractivity contribution in [2.75, 3.05) is 18.1 Å². The lowest BCUT2D eigenvalue weighted by molar-refractivity contribution is -0.116. The normalized spacial score (nSPS) is 12.7. The van der Waals surface area contributed by atoms with Gasteiger partial charge in [-0.25, -0.2) is 8.42 Å². The fourth-order valence-corrected chi connectivity index (χ4v) is 3.20. The van der Waals surface area contributed by atoms with E-state index in [-0.39, 0.29) is 23.9 Å². The van der Waals surface area contributed by atoms with Crippen LogP contribution in [0.2, 0.25) is 0 Å². The molecule has 1 aromatic rings. The van der Waals surface area contributed by atoms with Crippen LogP contribution in [-0.2, 0) is 20.2 Å². The summed E-state index contributed by atoms with van der Waals surface area (Å²) in [6.07, 6.45) is 1.11. The molecule has 0 aliphatic rings. The molecule has 0 saturated heterocycles. The maximum Gasteiger partial charge on any atom is 0.239 e. The van der Waals surface area contributed by atoms with Crippen molar-refractivity contribution in [3.8, 4) is 0 Å². The second kappa shape index (κ2) is 6.79. The van der Waals surface area contributed by atoms with Crippen LogP contribution in [0.15, 0.2) is 24.3 Å². The molecule has 0 aliphatic heterocycles. The van der Waals surface area contributed by atoms with Crippen LogP contribution in [0.4, 0.5) is 5.69 Å². The minimum absolute atomic E-state index is 0.0489. The summed E-state index contributed by atoms with van der Waals surface area (Å²) in [6.45, 7) is 9.66. The number of anilines is 1. The summed E-state index contributed by atoms with van der Waals surface area (Å²) in [5, 5.41) is 2.73. The van der Waals surface area contributed by atoms with Gasteiger partial charge in [0.05, 0.1) is 12.8 Å². The lowest BCUT2D eigenvalue weighted by Crippen LogP contribution is -2.41. The zero-order chi connectivity index (χ0) is 17.1. The smallest absolute Gasteiger partial charge is 0.239 e. The lowest BCUT2D eigenvalue weighted by atomic mass is 9.87. The van der Waals surface area contributed by atoms with Crippen LogP contribution in [0, 0.1) is 0 Å². The predicted molar refractivity (Wildman–Crippen MR) is 90.5 cm³/mol. The van der Waals surface area contributed by atoms with Gasteiger partial charge in [0, 0.05) is 11.7 Å². The third-order valence-electron chi connectivity index (χ3n) is 3.34. The van der Waals surface area contributed by atoms with E-state index < -0.39 is 10.0 Å². The van der Waals surface area contributed by atoms with Gasteiger partial charge < -0.3 is 5.32 Å². The molecule has 0 atom stereocenters. The van der Waals surface area contributed by atoms with Gasteiger partial charge in [0.25, 0.3) is 0 Å². The van der Waals surface area contributed by atoms with Crippen molar-refractivity contribution in [2.24, 2.45) is 0 Å². The second-order valence-electron chi connectivity index (χ2n) is 6.78. The van der Waals surface area contributed by atoms with Crippen molar-refractivity contribution in [3.63, 3.8) is 0 Å². The molecule has 6 heteroatoms. The third kappa shape index (κ3) is 5.42. The topological polar surface area (TPSA) is 66.5 Å². The maximum absolute atomic E-state index is 12.0. The number of hydrogen-bond acceptors (Lipinski definition) is 3. The van der Waals surface area contributed by atoms with Crippen molar-refractivity contribution in [1.82, 2.24) is 4.31 Å². The van der Waals surface area contributed by atoms with Crippen LogP contribution in [-0.4, -0.2) is 37.5 Å². The predicted octanol–water partition coefficient (Wildman–Crippen LogP) is 2.59. The first-order valence-corrected chi connectivity index (χ1v) is 9.13. The zero-order valence-electron chi connectivity index (χ0n) is 14.2. The molecule has 0 unspecified atom stereocenters. The number of hydrogen-bond donors (Lipinski definition) is 1. The SMILES string of the molecule is CC(C)N(CC(=O)Nc1ccc(C(C)(C)C)cc1)S(C)(=O)=O. The average Bonchev–Trinajstić information content (AvgIpc) is 2.33. The van der Waals surface area contributed by atoms with Crippen LogP contribution in [0.5, 0.6) is 0 Å². The van der Waals surface area contributed by atoms with Crippen LogP contribution in [0.1, 0.15) is 40.2 Å². The highest BCUT2D eigenvalue weighted by molar-refractivity contribution is 7.88. The third-order valence-corrected chi connectivity index (χ3v) is 4.74. The van der Waals surface area contributed by atoms with E-state index in [9.17, 15) is 13.2 Å². The lowest BCUT2D eigenvalue weighted by Gasteiger charge is -2.23. The molecule has 0 aliphatic carbocycles. The molecule has 1 amide bonds. The number of sulfonamides is 1. The Hall–Kier alpha value is -1.40. The number of carbonyl (C=O) groups is 1. The van der Waals surface area contributed by atoms with Crippen molar-refractivity contribution in [3.05, 3.63) is 29.8 Å². The van der Waals surface area contributed by atoms with E-state index in [2.05, 4.69) is 26.1 Å². The molecule has 1 N–H and O–H groups in total. The number of benzene rings is 1. The van der Waals surface area contributed by atoms with Crippen LogP contribution in [0.3, 0.4) is 0 Å². The molecule has 1 rings (SSSR count). The van der Waals surface area contributed by atoms with Gasteiger partial charge >= 0.3 is 0 Å². The zero-order valence-corrected chi connectivity index (χ0v) is 15.0. The molecule has 0 radical (unpaired) electrons. The molecule has 124 valence electrons. The van der Waals surface area contributed by atoms with Gasteiger partial charge in [0.15, 0.2) is 0 Å². The van der Waals surface area contributed by atoms with Crippen molar-refractivity contribution < 1.29 is 13.2 Å². The quantitative estimate of drug-likeness (QED) is 0.904. The Morgan fingerprint density at radius 3 is 2.05 bits per heavy atom. The van der Waals surface area contributed by atoms with E-state index in [1.54, 1.807) is 13.8 Å². The summed E-state index contributed by atoms with van der Waals surface area (Å²) in [5.41, 5.74) is 1.88. The molecule has 0 aromatic heterocycles. The first kappa shape index (κ1) is 18.6. The summed E-state index contributed by atoms with van der Waals surface area (Å²) in [7, 11) is -3.41. The Labute approximate surface area is 133 Å². The number of nitrogens with zero attached hydrogens (tertiary/aromatic N) is 1. The molecule has 5 nitrogen and oxygen atoms in total. The highest BCUT2D eigenvalue weighted by atomic mass is 32.2. The highest BCUT2D eigenvalue weighted by Gasteiger charge is 2.23. The molecule has 0 bridgehead atoms. The van der Waals surface area contributed by atoms with Gasteiger partial charge in [-0.2, -0.15) is 4.31 Å². The standard InChI is InChI=1S/C16H26N2O3S/c1-12(2)18(22(6,20)21)11-15(19)17-14-9-7-13(8-10-14)16(3,4)5/h7-10,12H,11H2,1-6H3,(H,17,19). The first-order chi connectivity index (χ1) is 9.91. The Morgan fingerprint density at radius 1 is 1.18 bits per heavy atom. The molecule has 1 aromatic carbocycles. The fraction of sp³-hybridized carbons (Fsp3) is 0.562. The Balaban J connectivity index is 2.77. The summed E-state index contributed by atoms with van der Waals surface area (Å²) < 4.78 is 24.5. The van der Waals surface area contributed by atoms with E-state index in [0.29, 0.717) is 5.69 Å².